The molecule has 0 radical (unpaired) electrons. The molecule has 1 aromatic rings. The summed E-state index contributed by atoms with van der Waals surface area (Å²) in [7, 11) is 1.60. The van der Waals surface area contributed by atoms with Gasteiger partial charge < -0.3 is 25.0 Å². The van der Waals surface area contributed by atoms with Crippen LogP contribution in [-0.2, 0) is 22.2 Å². The summed E-state index contributed by atoms with van der Waals surface area (Å²) in [4.78, 5) is 6.03. The number of nitrogens with one attached hydrogen (secondary N) is 2. The zero-order valence-electron chi connectivity index (χ0n) is 16.9. The molecule has 162 valence electrons. The molecule has 2 fully saturated rings. The van der Waals surface area contributed by atoms with Gasteiger partial charge >= 0.3 is 6.18 Å². The summed E-state index contributed by atoms with van der Waals surface area (Å²) in [5.41, 5.74) is -0.149. The number of halogens is 3. The van der Waals surface area contributed by atoms with E-state index < -0.39 is 11.7 Å². The minimum atomic E-state index is -4.43. The Balaban J connectivity index is 1.66. The van der Waals surface area contributed by atoms with Crippen molar-refractivity contribution in [2.45, 2.75) is 38.1 Å². The van der Waals surface area contributed by atoms with E-state index in [-0.39, 0.29) is 17.7 Å². The number of aliphatic imine (C=N–C) groups is 1. The number of guanidine groups is 1. The predicted octanol–water partition coefficient (Wildman–Crippen LogP) is 2.78. The number of rotatable bonds is 5. The molecule has 29 heavy (non-hydrogen) atoms. The number of ether oxygens (including phenoxy) is 2. The Morgan fingerprint density at radius 3 is 2.59 bits per heavy atom. The summed E-state index contributed by atoms with van der Waals surface area (Å²) >= 11 is 0. The van der Waals surface area contributed by atoms with Crippen LogP contribution in [0.3, 0.4) is 0 Å². The molecule has 3 rings (SSSR count). The van der Waals surface area contributed by atoms with Crippen LogP contribution in [0.15, 0.2) is 23.2 Å². The molecule has 0 aromatic heterocycles. The molecule has 2 saturated heterocycles. The number of anilines is 1. The van der Waals surface area contributed by atoms with Crippen LogP contribution in [0.25, 0.3) is 0 Å². The van der Waals surface area contributed by atoms with Gasteiger partial charge in [-0.2, -0.15) is 13.2 Å². The normalized spacial score (nSPS) is 23.3. The Morgan fingerprint density at radius 1 is 1.21 bits per heavy atom. The standard InChI is InChI=1S/C20H29F3N4O2/c1-19(6-3-9-29-19)14-26-18(24-2)25-13-15-4-5-16(12-17(15)20(21,22)23)27-7-10-28-11-8-27/h4-5,12H,3,6-11,13-14H2,1-2H3,(H2,24,25,26). The fraction of sp³-hybridized carbons (Fsp3) is 0.650. The Bertz CT molecular complexity index is 712. The lowest BCUT2D eigenvalue weighted by molar-refractivity contribution is -0.138. The lowest BCUT2D eigenvalue weighted by Gasteiger charge is -2.30. The minimum Gasteiger partial charge on any atom is -0.378 e. The van der Waals surface area contributed by atoms with E-state index in [1.807, 2.05) is 11.8 Å². The van der Waals surface area contributed by atoms with Crippen LogP contribution >= 0.6 is 0 Å². The molecule has 0 aliphatic carbocycles. The predicted molar refractivity (Wildman–Crippen MR) is 106 cm³/mol. The highest BCUT2D eigenvalue weighted by Gasteiger charge is 2.34. The number of benzene rings is 1. The van der Waals surface area contributed by atoms with E-state index >= 15 is 0 Å². The highest BCUT2D eigenvalue weighted by atomic mass is 19.4. The van der Waals surface area contributed by atoms with Crippen LogP contribution in [0.2, 0.25) is 0 Å². The van der Waals surface area contributed by atoms with Crippen LogP contribution in [0, 0.1) is 0 Å². The van der Waals surface area contributed by atoms with Crippen molar-refractivity contribution < 1.29 is 22.6 Å². The van der Waals surface area contributed by atoms with Crippen LogP contribution in [0.1, 0.15) is 30.9 Å². The molecule has 1 unspecified atom stereocenters. The average molecular weight is 414 g/mol. The SMILES string of the molecule is CN=C(NCc1ccc(N2CCOCC2)cc1C(F)(F)F)NCC1(C)CCCO1. The Morgan fingerprint density at radius 2 is 1.97 bits per heavy atom. The van der Waals surface area contributed by atoms with Crippen molar-refractivity contribution in [2.75, 3.05) is 51.4 Å². The van der Waals surface area contributed by atoms with Crippen LogP contribution < -0.4 is 15.5 Å². The number of alkyl halides is 3. The second-order valence-corrected chi connectivity index (χ2v) is 7.62. The second-order valence-electron chi connectivity index (χ2n) is 7.62. The minimum absolute atomic E-state index is 0.0233. The Labute approximate surface area is 169 Å². The molecular formula is C20H29F3N4O2. The second kappa shape index (κ2) is 9.21. The lowest BCUT2D eigenvalue weighted by atomic mass is 10.0. The molecule has 0 bridgehead atoms. The van der Waals surface area contributed by atoms with Gasteiger partial charge in [0.05, 0.1) is 24.4 Å². The van der Waals surface area contributed by atoms with Crippen LogP contribution in [-0.4, -0.2) is 58.1 Å². The number of hydrogen-bond acceptors (Lipinski definition) is 4. The number of nitrogens with zero attached hydrogens (tertiary/aromatic N) is 2. The van der Waals surface area contributed by atoms with Crippen molar-refractivity contribution in [3.8, 4) is 0 Å². The number of hydrogen-bond donors (Lipinski definition) is 2. The fourth-order valence-corrected chi connectivity index (χ4v) is 3.65. The lowest BCUT2D eigenvalue weighted by Crippen LogP contribution is -2.45. The van der Waals surface area contributed by atoms with Gasteiger partial charge in [0.25, 0.3) is 0 Å². The molecule has 6 nitrogen and oxygen atoms in total. The molecule has 0 spiro atoms. The Hall–Kier alpha value is -2.00. The first kappa shape index (κ1) is 21.7. The third-order valence-electron chi connectivity index (χ3n) is 5.38. The molecule has 2 heterocycles. The molecule has 9 heteroatoms. The van der Waals surface area contributed by atoms with Crippen LogP contribution in [0.5, 0.6) is 0 Å². The van der Waals surface area contributed by atoms with Crippen molar-refractivity contribution in [3.05, 3.63) is 29.3 Å². The molecule has 2 aliphatic rings. The maximum Gasteiger partial charge on any atom is 0.416 e. The average Bonchev–Trinajstić information content (AvgIpc) is 3.15. The largest absolute Gasteiger partial charge is 0.416 e. The first-order chi connectivity index (χ1) is 13.8. The topological polar surface area (TPSA) is 58.1 Å². The van der Waals surface area contributed by atoms with E-state index in [0.717, 1.165) is 19.4 Å². The van der Waals surface area contributed by atoms with Gasteiger partial charge in [-0.15, -0.1) is 0 Å². The van der Waals surface area contributed by atoms with E-state index in [2.05, 4.69) is 15.6 Å². The third kappa shape index (κ3) is 5.76. The van der Waals surface area contributed by atoms with E-state index in [1.54, 1.807) is 13.1 Å². The van der Waals surface area contributed by atoms with Crippen molar-refractivity contribution in [2.24, 2.45) is 4.99 Å². The van der Waals surface area contributed by atoms with Gasteiger partial charge in [0, 0.05) is 45.5 Å². The molecule has 2 N–H and O–H groups in total. The van der Waals surface area contributed by atoms with Gasteiger partial charge in [-0.1, -0.05) is 6.07 Å². The summed E-state index contributed by atoms with van der Waals surface area (Å²) in [5, 5.41) is 6.14. The van der Waals surface area contributed by atoms with Gasteiger partial charge in [0.2, 0.25) is 0 Å². The third-order valence-corrected chi connectivity index (χ3v) is 5.38. The van der Waals surface area contributed by atoms with Crippen molar-refractivity contribution in [1.29, 1.82) is 0 Å². The van der Waals surface area contributed by atoms with Gasteiger partial charge in [-0.3, -0.25) is 4.99 Å². The van der Waals surface area contributed by atoms with E-state index in [4.69, 9.17) is 9.47 Å². The first-order valence-electron chi connectivity index (χ1n) is 9.92. The highest BCUT2D eigenvalue weighted by molar-refractivity contribution is 5.79. The summed E-state index contributed by atoms with van der Waals surface area (Å²) in [5.74, 6) is 0.451. The van der Waals surface area contributed by atoms with Crippen molar-refractivity contribution in [1.82, 2.24) is 10.6 Å². The zero-order chi connectivity index (χ0) is 20.9. The molecular weight excluding hydrogens is 385 g/mol. The van der Waals surface area contributed by atoms with Gasteiger partial charge in [-0.25, -0.2) is 0 Å². The smallest absolute Gasteiger partial charge is 0.378 e. The van der Waals surface area contributed by atoms with Gasteiger partial charge in [0.1, 0.15) is 0 Å². The molecule has 0 saturated carbocycles. The Kier molecular flexibility index (Phi) is 6.89. The summed E-state index contributed by atoms with van der Waals surface area (Å²) in [6, 6.07) is 4.50. The molecule has 1 atom stereocenters. The molecule has 1 aromatic carbocycles. The monoisotopic (exact) mass is 414 g/mol. The van der Waals surface area contributed by atoms with E-state index in [0.29, 0.717) is 44.5 Å². The number of morpholine rings is 1. The quantitative estimate of drug-likeness (QED) is 0.573. The summed E-state index contributed by atoms with van der Waals surface area (Å²) in [6.07, 6.45) is -2.48. The van der Waals surface area contributed by atoms with Gasteiger partial charge in [0.15, 0.2) is 5.96 Å². The maximum absolute atomic E-state index is 13.7. The van der Waals surface area contributed by atoms with Gasteiger partial charge in [-0.05, 0) is 37.5 Å². The fourth-order valence-electron chi connectivity index (χ4n) is 3.65. The summed E-state index contributed by atoms with van der Waals surface area (Å²) in [6.45, 7) is 5.55. The van der Waals surface area contributed by atoms with E-state index in [9.17, 15) is 13.2 Å². The molecule has 0 amide bonds. The summed E-state index contributed by atoms with van der Waals surface area (Å²) < 4.78 is 52.0. The van der Waals surface area contributed by atoms with E-state index in [1.165, 1.54) is 12.1 Å². The van der Waals surface area contributed by atoms with Crippen molar-refractivity contribution >= 4 is 11.6 Å². The first-order valence-corrected chi connectivity index (χ1v) is 9.92. The van der Waals surface area contributed by atoms with Crippen LogP contribution in [0.4, 0.5) is 18.9 Å². The molecule has 2 aliphatic heterocycles. The maximum atomic E-state index is 13.7. The zero-order valence-corrected chi connectivity index (χ0v) is 16.9. The highest BCUT2D eigenvalue weighted by Crippen LogP contribution is 2.35. The van der Waals surface area contributed by atoms with Crippen molar-refractivity contribution in [3.63, 3.8) is 0 Å².